The summed E-state index contributed by atoms with van der Waals surface area (Å²) in [7, 11) is 1.68. The van der Waals surface area contributed by atoms with E-state index in [9.17, 15) is 4.79 Å². The highest BCUT2D eigenvalue weighted by atomic mass is 35.5. The van der Waals surface area contributed by atoms with Gasteiger partial charge in [0.1, 0.15) is 6.61 Å². The Kier molecular flexibility index (Phi) is 3.53. The summed E-state index contributed by atoms with van der Waals surface area (Å²) in [4.78, 5) is 11.7. The maximum Gasteiger partial charge on any atom is 0.361 e. The number of hydrogen-bond acceptors (Lipinski definition) is 4. The average Bonchev–Trinajstić information content (AvgIpc) is 2.66. The summed E-state index contributed by atoms with van der Waals surface area (Å²) in [5.41, 5.74) is 6.86. The van der Waals surface area contributed by atoms with Gasteiger partial charge in [-0.1, -0.05) is 23.7 Å². The third-order valence-corrected chi connectivity index (χ3v) is 2.54. The fourth-order valence-electron chi connectivity index (χ4n) is 1.51. The molecular weight excluding hydrogens is 254 g/mol. The van der Waals surface area contributed by atoms with Crippen LogP contribution in [-0.4, -0.2) is 15.7 Å². The molecule has 18 heavy (non-hydrogen) atoms. The first-order valence-electron chi connectivity index (χ1n) is 5.27. The van der Waals surface area contributed by atoms with E-state index in [1.807, 2.05) is 6.07 Å². The third-order valence-electron chi connectivity index (χ3n) is 2.31. The SMILES string of the molecule is Cn1cc(N)c(C(=O)OCc2cccc(Cl)c2)n1. The molecule has 0 fully saturated rings. The van der Waals surface area contributed by atoms with E-state index < -0.39 is 5.97 Å². The summed E-state index contributed by atoms with van der Waals surface area (Å²) in [5, 5.41) is 4.53. The molecule has 0 radical (unpaired) electrons. The summed E-state index contributed by atoms with van der Waals surface area (Å²) >= 11 is 5.83. The summed E-state index contributed by atoms with van der Waals surface area (Å²) in [6.07, 6.45) is 1.55. The van der Waals surface area contributed by atoms with Gasteiger partial charge in [-0.3, -0.25) is 4.68 Å². The normalized spacial score (nSPS) is 10.3. The summed E-state index contributed by atoms with van der Waals surface area (Å²) in [5.74, 6) is -0.548. The van der Waals surface area contributed by atoms with Crippen LogP contribution in [0.15, 0.2) is 30.5 Å². The molecule has 5 nitrogen and oxygen atoms in total. The van der Waals surface area contributed by atoms with Crippen molar-refractivity contribution in [3.8, 4) is 0 Å². The van der Waals surface area contributed by atoms with Crippen molar-refractivity contribution in [1.82, 2.24) is 9.78 Å². The van der Waals surface area contributed by atoms with Crippen LogP contribution in [0.1, 0.15) is 16.1 Å². The minimum Gasteiger partial charge on any atom is -0.456 e. The Morgan fingerprint density at radius 3 is 2.94 bits per heavy atom. The van der Waals surface area contributed by atoms with Gasteiger partial charge >= 0.3 is 5.97 Å². The van der Waals surface area contributed by atoms with Crippen molar-refractivity contribution >= 4 is 23.3 Å². The Hall–Kier alpha value is -2.01. The van der Waals surface area contributed by atoms with E-state index in [-0.39, 0.29) is 12.3 Å². The number of nitrogen functional groups attached to an aromatic ring is 1. The van der Waals surface area contributed by atoms with Crippen molar-refractivity contribution < 1.29 is 9.53 Å². The second-order valence-corrected chi connectivity index (χ2v) is 4.25. The smallest absolute Gasteiger partial charge is 0.361 e. The van der Waals surface area contributed by atoms with Crippen LogP contribution in [0.25, 0.3) is 0 Å². The molecule has 0 unspecified atom stereocenters. The van der Waals surface area contributed by atoms with Gasteiger partial charge in [-0.2, -0.15) is 5.10 Å². The van der Waals surface area contributed by atoms with Crippen molar-refractivity contribution in [3.05, 3.63) is 46.7 Å². The molecule has 2 N–H and O–H groups in total. The van der Waals surface area contributed by atoms with Crippen LogP contribution in [0.3, 0.4) is 0 Å². The molecular formula is C12H12ClN3O2. The molecule has 0 aliphatic rings. The van der Waals surface area contributed by atoms with Gasteiger partial charge in [0, 0.05) is 18.3 Å². The lowest BCUT2D eigenvalue weighted by atomic mass is 10.2. The van der Waals surface area contributed by atoms with Gasteiger partial charge in [0.05, 0.1) is 5.69 Å². The van der Waals surface area contributed by atoms with Gasteiger partial charge in [0.15, 0.2) is 5.69 Å². The molecule has 0 saturated heterocycles. The quantitative estimate of drug-likeness (QED) is 0.862. The second-order valence-electron chi connectivity index (χ2n) is 3.81. The van der Waals surface area contributed by atoms with Crippen molar-refractivity contribution in [2.24, 2.45) is 7.05 Å². The van der Waals surface area contributed by atoms with Gasteiger partial charge in [-0.05, 0) is 17.7 Å². The number of hydrogen-bond donors (Lipinski definition) is 1. The van der Waals surface area contributed by atoms with Crippen molar-refractivity contribution in [1.29, 1.82) is 0 Å². The van der Waals surface area contributed by atoms with Gasteiger partial charge in [-0.25, -0.2) is 4.79 Å². The standard InChI is InChI=1S/C12H12ClN3O2/c1-16-6-10(14)11(15-16)12(17)18-7-8-3-2-4-9(13)5-8/h2-6H,7,14H2,1H3. The largest absolute Gasteiger partial charge is 0.456 e. The molecule has 0 bridgehead atoms. The van der Waals surface area contributed by atoms with Crippen LogP contribution in [0.5, 0.6) is 0 Å². The minimum atomic E-state index is -0.548. The zero-order valence-electron chi connectivity index (χ0n) is 9.76. The van der Waals surface area contributed by atoms with Crippen LogP contribution in [0.4, 0.5) is 5.69 Å². The number of benzene rings is 1. The highest BCUT2D eigenvalue weighted by Crippen LogP contribution is 2.14. The number of carbonyl (C=O) groups excluding carboxylic acids is 1. The van der Waals surface area contributed by atoms with Crippen LogP contribution >= 0.6 is 11.6 Å². The lowest BCUT2D eigenvalue weighted by Crippen LogP contribution is -2.08. The Morgan fingerprint density at radius 1 is 1.56 bits per heavy atom. The first kappa shape index (κ1) is 12.4. The second kappa shape index (κ2) is 5.10. The lowest BCUT2D eigenvalue weighted by Gasteiger charge is -2.03. The number of rotatable bonds is 3. The summed E-state index contributed by atoms with van der Waals surface area (Å²) in [6, 6.07) is 7.10. The zero-order valence-corrected chi connectivity index (χ0v) is 10.5. The monoisotopic (exact) mass is 265 g/mol. The molecule has 1 aromatic carbocycles. The van der Waals surface area contributed by atoms with E-state index in [4.69, 9.17) is 22.1 Å². The average molecular weight is 266 g/mol. The van der Waals surface area contributed by atoms with E-state index in [1.165, 1.54) is 4.68 Å². The number of aryl methyl sites for hydroxylation is 1. The molecule has 6 heteroatoms. The molecule has 0 saturated carbocycles. The highest BCUT2D eigenvalue weighted by molar-refractivity contribution is 6.30. The first-order chi connectivity index (χ1) is 8.56. The fraction of sp³-hybridized carbons (Fsp3) is 0.167. The first-order valence-corrected chi connectivity index (χ1v) is 5.65. The van der Waals surface area contributed by atoms with Crippen LogP contribution in [0.2, 0.25) is 5.02 Å². The molecule has 0 amide bonds. The Labute approximate surface area is 109 Å². The van der Waals surface area contributed by atoms with E-state index in [0.29, 0.717) is 10.7 Å². The predicted octanol–water partition coefficient (Wildman–Crippen LogP) is 2.01. The van der Waals surface area contributed by atoms with Gasteiger partial charge in [-0.15, -0.1) is 0 Å². The molecule has 1 heterocycles. The molecule has 94 valence electrons. The Morgan fingerprint density at radius 2 is 2.33 bits per heavy atom. The Balaban J connectivity index is 2.03. The Bertz CT molecular complexity index is 580. The maximum atomic E-state index is 11.7. The molecule has 0 aliphatic carbocycles. The maximum absolute atomic E-state index is 11.7. The van der Waals surface area contributed by atoms with Crippen LogP contribution in [-0.2, 0) is 18.4 Å². The van der Waals surface area contributed by atoms with Crippen LogP contribution < -0.4 is 5.73 Å². The number of carbonyl (C=O) groups is 1. The topological polar surface area (TPSA) is 70.1 Å². The molecule has 2 rings (SSSR count). The van der Waals surface area contributed by atoms with Crippen molar-refractivity contribution in [3.63, 3.8) is 0 Å². The molecule has 0 atom stereocenters. The number of nitrogens with zero attached hydrogens (tertiary/aromatic N) is 2. The lowest BCUT2D eigenvalue weighted by molar-refractivity contribution is 0.0466. The predicted molar refractivity (Wildman–Crippen MR) is 68.2 cm³/mol. The van der Waals surface area contributed by atoms with E-state index in [2.05, 4.69) is 5.10 Å². The van der Waals surface area contributed by atoms with E-state index in [1.54, 1.807) is 31.4 Å². The molecule has 1 aromatic heterocycles. The van der Waals surface area contributed by atoms with Crippen molar-refractivity contribution in [2.45, 2.75) is 6.61 Å². The number of aromatic nitrogens is 2. The number of nitrogens with two attached hydrogens (primary N) is 1. The molecule has 0 aliphatic heterocycles. The molecule has 0 spiro atoms. The minimum absolute atomic E-state index is 0.125. The van der Waals surface area contributed by atoms with Crippen LogP contribution in [0, 0.1) is 0 Å². The van der Waals surface area contributed by atoms with Gasteiger partial charge < -0.3 is 10.5 Å². The highest BCUT2D eigenvalue weighted by Gasteiger charge is 2.15. The number of halogens is 1. The van der Waals surface area contributed by atoms with Gasteiger partial charge in [0.25, 0.3) is 0 Å². The molecule has 2 aromatic rings. The summed E-state index contributed by atoms with van der Waals surface area (Å²) < 4.78 is 6.57. The number of esters is 1. The number of ether oxygens (including phenoxy) is 1. The van der Waals surface area contributed by atoms with E-state index in [0.717, 1.165) is 5.56 Å². The fourth-order valence-corrected chi connectivity index (χ4v) is 1.72. The summed E-state index contributed by atoms with van der Waals surface area (Å²) in [6.45, 7) is 0.134. The zero-order chi connectivity index (χ0) is 13.1. The van der Waals surface area contributed by atoms with E-state index >= 15 is 0 Å². The third kappa shape index (κ3) is 2.81. The van der Waals surface area contributed by atoms with Crippen molar-refractivity contribution in [2.75, 3.05) is 5.73 Å². The van der Waals surface area contributed by atoms with Gasteiger partial charge in [0.2, 0.25) is 0 Å². The number of anilines is 1.